The molecule has 16 nitrogen and oxygen atoms in total. The van der Waals surface area contributed by atoms with E-state index < -0.39 is 48.3 Å². The van der Waals surface area contributed by atoms with Crippen LogP contribution in [0.2, 0.25) is 0 Å². The zero-order valence-electron chi connectivity index (χ0n) is 34.7. The third-order valence-corrected chi connectivity index (χ3v) is 11.1. The van der Waals surface area contributed by atoms with E-state index in [1.165, 1.54) is 0 Å². The Kier molecular flexibility index (Phi) is 17.6. The SMILES string of the molecule is CC[C@H](C)[C@@H]([C@@H](CC(=O)N1CCC[C@H]1[C@H](OC)[C@@H](C)C(=O)N[C@@H](Cc1ccccc1)c1nnn[nH]1)OC)N(C)C(=O)[C@@H](NC(=O)[C@H](C(C)C)N(C)C)[C@H](C)N. The molecule has 1 aliphatic rings. The third-order valence-electron chi connectivity index (χ3n) is 11.1. The Hall–Kier alpha value is -3.99. The predicted molar refractivity (Wildman–Crippen MR) is 209 cm³/mol. The molecule has 2 aromatic rings. The van der Waals surface area contributed by atoms with Crippen molar-refractivity contribution in [2.45, 2.75) is 122 Å². The summed E-state index contributed by atoms with van der Waals surface area (Å²) in [5, 5.41) is 20.3. The number of aromatic nitrogens is 4. The van der Waals surface area contributed by atoms with Crippen LogP contribution >= 0.6 is 0 Å². The highest BCUT2D eigenvalue weighted by molar-refractivity contribution is 5.90. The molecule has 0 bridgehead atoms. The van der Waals surface area contributed by atoms with Gasteiger partial charge in [-0.3, -0.25) is 24.1 Å². The van der Waals surface area contributed by atoms with E-state index in [-0.39, 0.29) is 47.9 Å². The molecule has 0 aliphatic carbocycles. The van der Waals surface area contributed by atoms with Crippen molar-refractivity contribution in [2.24, 2.45) is 23.5 Å². The number of likely N-dealkylation sites (N-methyl/N-ethyl adjacent to an activating group) is 2. The number of methoxy groups -OCH3 is 2. The van der Waals surface area contributed by atoms with Gasteiger partial charge in [-0.2, -0.15) is 0 Å². The molecule has 1 fully saturated rings. The number of nitrogens with one attached hydrogen (secondary N) is 3. The van der Waals surface area contributed by atoms with E-state index in [4.69, 9.17) is 15.2 Å². The van der Waals surface area contributed by atoms with E-state index in [2.05, 4.69) is 31.3 Å². The first-order valence-corrected chi connectivity index (χ1v) is 19.5. The molecular weight excluding hydrogens is 704 g/mol. The van der Waals surface area contributed by atoms with Crippen molar-refractivity contribution in [1.29, 1.82) is 0 Å². The number of benzene rings is 1. The summed E-state index contributed by atoms with van der Waals surface area (Å²) in [6.45, 7) is 11.9. The molecule has 0 spiro atoms. The summed E-state index contributed by atoms with van der Waals surface area (Å²) >= 11 is 0. The van der Waals surface area contributed by atoms with Gasteiger partial charge in [-0.05, 0) is 61.7 Å². The maximum absolute atomic E-state index is 14.3. The number of aromatic amines is 1. The fraction of sp³-hybridized carbons (Fsp3) is 0.718. The first kappa shape index (κ1) is 45.4. The number of tetrazole rings is 1. The minimum absolute atomic E-state index is 0.000457. The van der Waals surface area contributed by atoms with Crippen molar-refractivity contribution >= 4 is 23.6 Å². The molecule has 308 valence electrons. The van der Waals surface area contributed by atoms with Gasteiger partial charge >= 0.3 is 0 Å². The maximum atomic E-state index is 14.3. The fourth-order valence-corrected chi connectivity index (χ4v) is 8.00. The molecule has 16 heteroatoms. The van der Waals surface area contributed by atoms with Crippen LogP contribution in [-0.2, 0) is 35.1 Å². The van der Waals surface area contributed by atoms with Crippen molar-refractivity contribution in [1.82, 2.24) is 46.0 Å². The highest BCUT2D eigenvalue weighted by Gasteiger charge is 2.43. The molecule has 5 N–H and O–H groups in total. The summed E-state index contributed by atoms with van der Waals surface area (Å²) in [7, 11) is 8.44. The van der Waals surface area contributed by atoms with Crippen LogP contribution in [0.4, 0.5) is 0 Å². The Bertz CT molecular complexity index is 1490. The summed E-state index contributed by atoms with van der Waals surface area (Å²) < 4.78 is 12.0. The fourth-order valence-electron chi connectivity index (χ4n) is 8.00. The highest BCUT2D eigenvalue weighted by Crippen LogP contribution is 2.30. The standard InChI is InChI=1S/C39H66N10O6/c1-12-24(4)34(48(9)39(53)32(26(6)40)42-38(52)33(23(2)3)47(7)8)30(54-10)22-31(50)49-20-16-19-29(49)35(55-11)25(5)37(51)41-28(36-43-45-46-44-36)21-27-17-14-13-15-18-27/h13-15,17-18,23-26,28-30,32-35H,12,16,19-22,40H2,1-11H3,(H,41,51)(H,42,52)(H,43,44,45,46)/t24-,25+,26-,28-,29-,30+,32-,33-,34-,35+/m0/s1. The largest absolute Gasteiger partial charge is 0.379 e. The van der Waals surface area contributed by atoms with Gasteiger partial charge in [0.2, 0.25) is 23.6 Å². The number of carbonyl (C=O) groups excluding carboxylic acids is 4. The van der Waals surface area contributed by atoms with Crippen molar-refractivity contribution in [2.75, 3.05) is 41.9 Å². The van der Waals surface area contributed by atoms with Gasteiger partial charge in [-0.25, -0.2) is 5.10 Å². The van der Waals surface area contributed by atoms with Crippen LogP contribution < -0.4 is 16.4 Å². The Morgan fingerprint density at radius 2 is 1.67 bits per heavy atom. The third kappa shape index (κ3) is 11.8. The normalized spacial score (nSPS) is 19.5. The van der Waals surface area contributed by atoms with Gasteiger partial charge in [0.15, 0.2) is 5.82 Å². The zero-order chi connectivity index (χ0) is 41.0. The Morgan fingerprint density at radius 3 is 2.20 bits per heavy atom. The van der Waals surface area contributed by atoms with Crippen molar-refractivity contribution in [3.8, 4) is 0 Å². The lowest BCUT2D eigenvalue weighted by molar-refractivity contribution is -0.147. The van der Waals surface area contributed by atoms with E-state index >= 15 is 0 Å². The molecule has 0 radical (unpaired) electrons. The molecule has 3 rings (SSSR count). The monoisotopic (exact) mass is 771 g/mol. The van der Waals surface area contributed by atoms with Crippen LogP contribution in [0.15, 0.2) is 30.3 Å². The number of carbonyl (C=O) groups is 4. The van der Waals surface area contributed by atoms with E-state index in [9.17, 15) is 19.2 Å². The molecule has 1 saturated heterocycles. The molecular formula is C39H66N10O6. The van der Waals surface area contributed by atoms with Crippen LogP contribution in [-0.4, -0.2) is 143 Å². The molecule has 1 aromatic carbocycles. The number of likely N-dealkylation sites (tertiary alicyclic amines) is 1. The Balaban J connectivity index is 1.79. The average molecular weight is 771 g/mol. The number of amides is 4. The average Bonchev–Trinajstić information content (AvgIpc) is 3.87. The number of nitrogens with two attached hydrogens (primary N) is 1. The van der Waals surface area contributed by atoms with Crippen molar-refractivity contribution in [3.63, 3.8) is 0 Å². The molecule has 2 heterocycles. The number of H-pyrrole nitrogens is 1. The number of hydrogen-bond donors (Lipinski definition) is 4. The van der Waals surface area contributed by atoms with Crippen LogP contribution in [0.1, 0.15) is 84.7 Å². The number of hydrogen-bond acceptors (Lipinski definition) is 11. The minimum atomic E-state index is -0.982. The second kappa shape index (κ2) is 21.3. The van der Waals surface area contributed by atoms with Gasteiger partial charge in [0.1, 0.15) is 6.04 Å². The second-order valence-corrected chi connectivity index (χ2v) is 15.6. The van der Waals surface area contributed by atoms with Crippen LogP contribution in [0.25, 0.3) is 0 Å². The van der Waals surface area contributed by atoms with Gasteiger partial charge in [-0.1, -0.05) is 71.4 Å². The molecule has 10 atom stereocenters. The smallest absolute Gasteiger partial charge is 0.246 e. The van der Waals surface area contributed by atoms with Crippen LogP contribution in [0.5, 0.6) is 0 Å². The maximum Gasteiger partial charge on any atom is 0.246 e. The highest BCUT2D eigenvalue weighted by atomic mass is 16.5. The topological polar surface area (TPSA) is 201 Å². The molecule has 55 heavy (non-hydrogen) atoms. The Morgan fingerprint density at radius 1 is 1.00 bits per heavy atom. The summed E-state index contributed by atoms with van der Waals surface area (Å²) in [5.41, 5.74) is 7.33. The lowest BCUT2D eigenvalue weighted by atomic mass is 9.89. The van der Waals surface area contributed by atoms with Crippen LogP contribution in [0.3, 0.4) is 0 Å². The second-order valence-electron chi connectivity index (χ2n) is 15.6. The lowest BCUT2D eigenvalue weighted by Crippen LogP contribution is -2.62. The molecule has 4 amide bonds. The molecule has 0 saturated carbocycles. The first-order valence-electron chi connectivity index (χ1n) is 19.5. The first-order chi connectivity index (χ1) is 26.1. The van der Waals surface area contributed by atoms with Gasteiger partial charge < -0.3 is 35.6 Å². The number of rotatable bonds is 21. The van der Waals surface area contributed by atoms with Crippen LogP contribution in [0, 0.1) is 17.8 Å². The van der Waals surface area contributed by atoms with E-state index in [0.29, 0.717) is 31.6 Å². The zero-order valence-corrected chi connectivity index (χ0v) is 34.7. The van der Waals surface area contributed by atoms with E-state index in [1.807, 2.05) is 77.0 Å². The Labute approximate surface area is 327 Å². The van der Waals surface area contributed by atoms with Gasteiger partial charge in [0, 0.05) is 40.3 Å². The van der Waals surface area contributed by atoms with Crippen molar-refractivity contribution in [3.05, 3.63) is 41.7 Å². The van der Waals surface area contributed by atoms with E-state index in [1.54, 1.807) is 44.9 Å². The number of ether oxygens (including phenoxy) is 2. The molecule has 0 unspecified atom stereocenters. The molecule has 1 aliphatic heterocycles. The van der Waals surface area contributed by atoms with Gasteiger partial charge in [0.25, 0.3) is 0 Å². The van der Waals surface area contributed by atoms with E-state index in [0.717, 1.165) is 12.0 Å². The lowest BCUT2D eigenvalue weighted by Gasteiger charge is -2.41. The van der Waals surface area contributed by atoms with Gasteiger partial charge in [0.05, 0.1) is 48.7 Å². The summed E-state index contributed by atoms with van der Waals surface area (Å²) in [5.74, 6) is -1.29. The van der Waals surface area contributed by atoms with Crippen molar-refractivity contribution < 1.29 is 28.7 Å². The summed E-state index contributed by atoms with van der Waals surface area (Å²) in [4.78, 5) is 60.9. The van der Waals surface area contributed by atoms with Gasteiger partial charge in [-0.15, -0.1) is 5.10 Å². The quantitative estimate of drug-likeness (QED) is 0.145. The molecule has 1 aromatic heterocycles. The number of nitrogens with zero attached hydrogens (tertiary/aromatic N) is 6. The summed E-state index contributed by atoms with van der Waals surface area (Å²) in [6.07, 6.45) is 1.33. The minimum Gasteiger partial charge on any atom is -0.379 e. The summed E-state index contributed by atoms with van der Waals surface area (Å²) in [6, 6.07) is 6.26. The predicted octanol–water partition coefficient (Wildman–Crippen LogP) is 1.94.